The van der Waals surface area contributed by atoms with Crippen molar-refractivity contribution in [3.63, 3.8) is 0 Å². The maximum atomic E-state index is 14.3. The molecule has 2 aromatic carbocycles. The third-order valence-electron chi connectivity index (χ3n) is 5.10. The summed E-state index contributed by atoms with van der Waals surface area (Å²) in [5, 5.41) is 14.6. The van der Waals surface area contributed by atoms with Gasteiger partial charge >= 0.3 is 0 Å². The van der Waals surface area contributed by atoms with E-state index in [1.807, 2.05) is 37.3 Å². The second-order valence-electron chi connectivity index (χ2n) is 7.66. The minimum atomic E-state index is -0.420. The van der Waals surface area contributed by atoms with Crippen molar-refractivity contribution < 1.29 is 14.2 Å². The number of aryl methyl sites for hydroxylation is 1. The summed E-state index contributed by atoms with van der Waals surface area (Å²) in [5.41, 5.74) is 2.59. The molecule has 0 unspecified atom stereocenters. The Morgan fingerprint density at radius 1 is 1.17 bits per heavy atom. The van der Waals surface area contributed by atoms with Crippen molar-refractivity contribution in [2.75, 3.05) is 6.54 Å². The molecule has 1 N–H and O–H groups in total. The van der Waals surface area contributed by atoms with Gasteiger partial charge in [0.05, 0.1) is 23.0 Å². The summed E-state index contributed by atoms with van der Waals surface area (Å²) in [4.78, 5) is 2.26. The Balaban J connectivity index is 1.75. The van der Waals surface area contributed by atoms with Crippen LogP contribution in [0.2, 0.25) is 0 Å². The molecule has 1 fully saturated rings. The Morgan fingerprint density at radius 2 is 1.86 bits per heavy atom. The lowest BCUT2D eigenvalue weighted by Gasteiger charge is -2.24. The predicted octanol–water partition coefficient (Wildman–Crippen LogP) is 4.46. The second kappa shape index (κ2) is 8.35. The Labute approximate surface area is 170 Å². The van der Waals surface area contributed by atoms with Crippen molar-refractivity contribution in [1.29, 1.82) is 0 Å². The van der Waals surface area contributed by atoms with Gasteiger partial charge in [-0.3, -0.25) is 4.90 Å². The van der Waals surface area contributed by atoms with Gasteiger partial charge in [-0.05, 0) is 51.0 Å². The number of hydrogen-bond donors (Lipinski definition) is 1. The Bertz CT molecular complexity index is 968. The molecular weight excluding hydrogens is 369 g/mol. The van der Waals surface area contributed by atoms with E-state index < -0.39 is 11.9 Å². The zero-order chi connectivity index (χ0) is 20.4. The van der Waals surface area contributed by atoms with Gasteiger partial charge in [0.1, 0.15) is 0 Å². The maximum Gasteiger partial charge on any atom is 0.227 e. The Kier molecular flexibility index (Phi) is 5.65. The molecule has 0 spiro atoms. The van der Waals surface area contributed by atoms with Crippen molar-refractivity contribution in [2.24, 2.45) is 0 Å². The zero-order valence-electron chi connectivity index (χ0n) is 16.8. The van der Waals surface area contributed by atoms with Crippen LogP contribution in [0.25, 0.3) is 5.69 Å². The number of aliphatic hydroxyl groups is 1. The topological polar surface area (TPSA) is 50.5 Å². The van der Waals surface area contributed by atoms with Gasteiger partial charge in [0.15, 0.2) is 11.6 Å². The summed E-state index contributed by atoms with van der Waals surface area (Å²) in [7, 11) is 0. The molecule has 152 valence electrons. The molecule has 0 saturated heterocycles. The van der Waals surface area contributed by atoms with Crippen LogP contribution in [0.5, 0.6) is 11.6 Å². The third-order valence-corrected chi connectivity index (χ3v) is 5.10. The van der Waals surface area contributed by atoms with Crippen LogP contribution in [0.3, 0.4) is 0 Å². The van der Waals surface area contributed by atoms with Crippen molar-refractivity contribution in [3.8, 4) is 17.3 Å². The van der Waals surface area contributed by atoms with Gasteiger partial charge in [0.25, 0.3) is 0 Å². The average molecular weight is 395 g/mol. The molecule has 0 radical (unpaired) electrons. The fourth-order valence-electron chi connectivity index (χ4n) is 3.53. The molecule has 1 aromatic heterocycles. The number of aromatic nitrogens is 2. The molecule has 0 bridgehead atoms. The van der Waals surface area contributed by atoms with E-state index in [9.17, 15) is 9.50 Å². The van der Waals surface area contributed by atoms with Crippen LogP contribution in [0.1, 0.15) is 31.0 Å². The highest BCUT2D eigenvalue weighted by atomic mass is 19.1. The SMILES string of the molecule is Cc1nn(-c2ccccc2)c(Oc2ccccc2F)c1CN(C[C@@H](C)O)C1CC1. The van der Waals surface area contributed by atoms with Crippen LogP contribution in [0.15, 0.2) is 54.6 Å². The monoisotopic (exact) mass is 395 g/mol. The van der Waals surface area contributed by atoms with Crippen LogP contribution in [-0.2, 0) is 6.54 Å². The summed E-state index contributed by atoms with van der Waals surface area (Å²) < 4.78 is 22.1. The van der Waals surface area contributed by atoms with Gasteiger partial charge in [-0.1, -0.05) is 30.3 Å². The lowest BCUT2D eigenvalue weighted by molar-refractivity contribution is 0.117. The Morgan fingerprint density at radius 3 is 2.52 bits per heavy atom. The summed E-state index contributed by atoms with van der Waals surface area (Å²) in [6.07, 6.45) is 1.83. The summed E-state index contributed by atoms with van der Waals surface area (Å²) in [6.45, 7) is 4.92. The van der Waals surface area contributed by atoms with Crippen LogP contribution in [-0.4, -0.2) is 38.5 Å². The lowest BCUT2D eigenvalue weighted by atomic mass is 10.2. The highest BCUT2D eigenvalue weighted by Crippen LogP contribution is 2.35. The van der Waals surface area contributed by atoms with Crippen LogP contribution >= 0.6 is 0 Å². The van der Waals surface area contributed by atoms with E-state index in [0.717, 1.165) is 29.8 Å². The fraction of sp³-hybridized carbons (Fsp3) is 0.348. The minimum Gasteiger partial charge on any atom is -0.435 e. The van der Waals surface area contributed by atoms with E-state index in [4.69, 9.17) is 9.84 Å². The fourth-order valence-corrected chi connectivity index (χ4v) is 3.53. The number of nitrogens with zero attached hydrogens (tertiary/aromatic N) is 3. The zero-order valence-corrected chi connectivity index (χ0v) is 16.8. The van der Waals surface area contributed by atoms with Crippen LogP contribution in [0, 0.1) is 12.7 Å². The maximum absolute atomic E-state index is 14.3. The third kappa shape index (κ3) is 4.49. The molecule has 1 atom stereocenters. The smallest absolute Gasteiger partial charge is 0.227 e. The number of para-hydroxylation sites is 2. The molecule has 1 aliphatic rings. The molecule has 6 heteroatoms. The first kappa shape index (κ1) is 19.6. The molecule has 0 aliphatic heterocycles. The summed E-state index contributed by atoms with van der Waals surface area (Å²) in [6, 6.07) is 16.5. The molecule has 3 aromatic rings. The quantitative estimate of drug-likeness (QED) is 0.612. The largest absolute Gasteiger partial charge is 0.435 e. The highest BCUT2D eigenvalue weighted by Gasteiger charge is 2.32. The van der Waals surface area contributed by atoms with E-state index >= 15 is 0 Å². The summed E-state index contributed by atoms with van der Waals surface area (Å²) >= 11 is 0. The van der Waals surface area contributed by atoms with E-state index in [1.165, 1.54) is 6.07 Å². The second-order valence-corrected chi connectivity index (χ2v) is 7.66. The van der Waals surface area contributed by atoms with E-state index in [0.29, 0.717) is 25.0 Å². The molecule has 0 amide bonds. The van der Waals surface area contributed by atoms with Gasteiger partial charge < -0.3 is 9.84 Å². The Hall–Kier alpha value is -2.70. The molecule has 29 heavy (non-hydrogen) atoms. The first-order valence-electron chi connectivity index (χ1n) is 10.0. The van der Waals surface area contributed by atoms with Crippen molar-refractivity contribution in [3.05, 3.63) is 71.7 Å². The molecular formula is C23H26FN3O2. The van der Waals surface area contributed by atoms with Gasteiger partial charge in [0.2, 0.25) is 5.88 Å². The lowest BCUT2D eigenvalue weighted by Crippen LogP contribution is -2.32. The average Bonchev–Trinajstić information content (AvgIpc) is 3.51. The van der Waals surface area contributed by atoms with Crippen molar-refractivity contribution in [1.82, 2.24) is 14.7 Å². The van der Waals surface area contributed by atoms with Crippen LogP contribution in [0.4, 0.5) is 4.39 Å². The number of halogens is 1. The van der Waals surface area contributed by atoms with Gasteiger partial charge in [-0.25, -0.2) is 9.07 Å². The number of rotatable bonds is 8. The van der Waals surface area contributed by atoms with Gasteiger partial charge in [-0.15, -0.1) is 0 Å². The highest BCUT2D eigenvalue weighted by molar-refractivity contribution is 5.43. The molecule has 1 saturated carbocycles. The number of hydrogen-bond acceptors (Lipinski definition) is 4. The normalized spacial score (nSPS) is 14.9. The van der Waals surface area contributed by atoms with Crippen LogP contribution < -0.4 is 4.74 Å². The number of aliphatic hydroxyl groups excluding tert-OH is 1. The molecule has 1 aliphatic carbocycles. The first-order valence-corrected chi connectivity index (χ1v) is 10.0. The van der Waals surface area contributed by atoms with Gasteiger partial charge in [-0.2, -0.15) is 5.10 Å². The van der Waals surface area contributed by atoms with Gasteiger partial charge in [0, 0.05) is 19.1 Å². The minimum absolute atomic E-state index is 0.166. The first-order chi connectivity index (χ1) is 14.0. The van der Waals surface area contributed by atoms with Crippen molar-refractivity contribution >= 4 is 0 Å². The van der Waals surface area contributed by atoms with E-state index in [1.54, 1.807) is 29.8 Å². The molecule has 4 rings (SSSR count). The van der Waals surface area contributed by atoms with Crippen molar-refractivity contribution in [2.45, 2.75) is 45.4 Å². The van der Waals surface area contributed by atoms with E-state index in [2.05, 4.69) is 4.90 Å². The van der Waals surface area contributed by atoms with E-state index in [-0.39, 0.29) is 5.75 Å². The predicted molar refractivity (Wildman–Crippen MR) is 110 cm³/mol. The number of ether oxygens (including phenoxy) is 1. The number of benzene rings is 2. The standard InChI is InChI=1S/C23H26FN3O2/c1-16(28)14-26(18-12-13-18)15-20-17(2)25-27(19-8-4-3-5-9-19)23(20)29-22-11-7-6-10-21(22)24/h3-11,16,18,28H,12-15H2,1-2H3/t16-/m1/s1. The molecule has 1 heterocycles. The summed E-state index contributed by atoms with van der Waals surface area (Å²) in [5.74, 6) is 0.259. The molecule has 5 nitrogen and oxygen atoms in total.